The Morgan fingerprint density at radius 3 is 2.60 bits per heavy atom. The van der Waals surface area contributed by atoms with Gasteiger partial charge in [-0.15, -0.1) is 0 Å². The Morgan fingerprint density at radius 1 is 1.25 bits per heavy atom. The maximum atomic E-state index is 5.96. The standard InChI is InChI=1S/C16H26BrNO2/c1-4-6-12(3)11-20-16-14(17)9-13(7-8-18)10-15(16)19-5-2/h9-10,12H,4-8,11,18H2,1-3H3. The van der Waals surface area contributed by atoms with Gasteiger partial charge in [-0.05, 0) is 65.9 Å². The molecular formula is C16H26BrNO2. The largest absolute Gasteiger partial charge is 0.490 e. The highest BCUT2D eigenvalue weighted by Gasteiger charge is 2.13. The van der Waals surface area contributed by atoms with Crippen molar-refractivity contribution in [1.82, 2.24) is 0 Å². The van der Waals surface area contributed by atoms with Crippen molar-refractivity contribution in [1.29, 1.82) is 0 Å². The van der Waals surface area contributed by atoms with Gasteiger partial charge in [-0.25, -0.2) is 0 Å². The summed E-state index contributed by atoms with van der Waals surface area (Å²) >= 11 is 3.58. The van der Waals surface area contributed by atoms with E-state index in [4.69, 9.17) is 15.2 Å². The smallest absolute Gasteiger partial charge is 0.175 e. The topological polar surface area (TPSA) is 44.5 Å². The fraction of sp³-hybridized carbons (Fsp3) is 0.625. The third kappa shape index (κ3) is 5.33. The van der Waals surface area contributed by atoms with Crippen molar-refractivity contribution in [2.75, 3.05) is 19.8 Å². The lowest BCUT2D eigenvalue weighted by molar-refractivity contribution is 0.232. The lowest BCUT2D eigenvalue weighted by Gasteiger charge is -2.17. The highest BCUT2D eigenvalue weighted by molar-refractivity contribution is 9.10. The van der Waals surface area contributed by atoms with E-state index < -0.39 is 0 Å². The molecule has 0 aliphatic carbocycles. The zero-order valence-corrected chi connectivity index (χ0v) is 14.3. The first kappa shape index (κ1) is 17.3. The Morgan fingerprint density at radius 2 is 2.00 bits per heavy atom. The van der Waals surface area contributed by atoms with Gasteiger partial charge in [-0.3, -0.25) is 0 Å². The molecule has 1 atom stereocenters. The van der Waals surface area contributed by atoms with Crippen molar-refractivity contribution < 1.29 is 9.47 Å². The van der Waals surface area contributed by atoms with Crippen molar-refractivity contribution in [2.24, 2.45) is 11.7 Å². The molecular weight excluding hydrogens is 318 g/mol. The number of halogens is 1. The van der Waals surface area contributed by atoms with Gasteiger partial charge in [0.15, 0.2) is 11.5 Å². The normalized spacial score (nSPS) is 12.2. The minimum atomic E-state index is 0.546. The van der Waals surface area contributed by atoms with Crippen molar-refractivity contribution >= 4 is 15.9 Å². The van der Waals surface area contributed by atoms with Crippen molar-refractivity contribution in [3.8, 4) is 11.5 Å². The van der Waals surface area contributed by atoms with Crippen molar-refractivity contribution in [3.63, 3.8) is 0 Å². The number of hydrogen-bond donors (Lipinski definition) is 1. The molecule has 0 fully saturated rings. The van der Waals surface area contributed by atoms with Crippen LogP contribution in [0.3, 0.4) is 0 Å². The van der Waals surface area contributed by atoms with E-state index in [0.29, 0.717) is 25.7 Å². The first-order valence-electron chi connectivity index (χ1n) is 7.40. The molecule has 0 saturated carbocycles. The first-order chi connectivity index (χ1) is 9.62. The van der Waals surface area contributed by atoms with Crippen LogP contribution in [0.2, 0.25) is 0 Å². The van der Waals surface area contributed by atoms with E-state index in [2.05, 4.69) is 35.8 Å². The minimum Gasteiger partial charge on any atom is -0.490 e. The second-order valence-corrected chi connectivity index (χ2v) is 5.94. The molecule has 0 aliphatic heterocycles. The third-order valence-corrected chi connectivity index (χ3v) is 3.68. The van der Waals surface area contributed by atoms with Crippen LogP contribution in [0.1, 0.15) is 39.2 Å². The van der Waals surface area contributed by atoms with Crippen LogP contribution in [0, 0.1) is 5.92 Å². The molecule has 0 bridgehead atoms. The molecule has 0 radical (unpaired) electrons. The summed E-state index contributed by atoms with van der Waals surface area (Å²) in [6.45, 7) is 8.35. The summed E-state index contributed by atoms with van der Waals surface area (Å²) in [6, 6.07) is 4.09. The highest BCUT2D eigenvalue weighted by Crippen LogP contribution is 2.37. The quantitative estimate of drug-likeness (QED) is 0.731. The Labute approximate surface area is 131 Å². The molecule has 0 aromatic heterocycles. The molecule has 1 aromatic carbocycles. The van der Waals surface area contributed by atoms with Gasteiger partial charge in [0, 0.05) is 0 Å². The van der Waals surface area contributed by atoms with E-state index in [0.717, 1.165) is 28.0 Å². The summed E-state index contributed by atoms with van der Waals surface area (Å²) in [5.41, 5.74) is 6.78. The van der Waals surface area contributed by atoms with Crippen LogP contribution < -0.4 is 15.2 Å². The summed E-state index contributed by atoms with van der Waals surface area (Å²) in [4.78, 5) is 0. The minimum absolute atomic E-state index is 0.546. The van der Waals surface area contributed by atoms with Crippen LogP contribution in [0.4, 0.5) is 0 Å². The number of rotatable bonds is 9. The number of nitrogens with two attached hydrogens (primary N) is 1. The van der Waals surface area contributed by atoms with E-state index in [-0.39, 0.29) is 0 Å². The second-order valence-electron chi connectivity index (χ2n) is 5.08. The van der Waals surface area contributed by atoms with Crippen LogP contribution in [-0.4, -0.2) is 19.8 Å². The molecule has 0 spiro atoms. The molecule has 114 valence electrons. The fourth-order valence-corrected chi connectivity index (χ4v) is 2.74. The van der Waals surface area contributed by atoms with Gasteiger partial charge in [0.1, 0.15) is 0 Å². The molecule has 2 N–H and O–H groups in total. The Kier molecular flexibility index (Phi) is 8.00. The predicted octanol–water partition coefficient (Wildman–Crippen LogP) is 4.16. The molecule has 0 amide bonds. The molecule has 1 unspecified atom stereocenters. The molecule has 0 aliphatic rings. The number of benzene rings is 1. The lowest BCUT2D eigenvalue weighted by Crippen LogP contribution is -2.10. The van der Waals surface area contributed by atoms with Gasteiger partial charge in [-0.1, -0.05) is 20.3 Å². The molecule has 20 heavy (non-hydrogen) atoms. The van der Waals surface area contributed by atoms with Crippen molar-refractivity contribution in [2.45, 2.75) is 40.0 Å². The molecule has 0 heterocycles. The summed E-state index contributed by atoms with van der Waals surface area (Å²) < 4.78 is 12.6. The summed E-state index contributed by atoms with van der Waals surface area (Å²) in [7, 11) is 0. The van der Waals surface area contributed by atoms with Gasteiger partial charge in [-0.2, -0.15) is 0 Å². The van der Waals surface area contributed by atoms with Gasteiger partial charge >= 0.3 is 0 Å². The summed E-state index contributed by atoms with van der Waals surface area (Å²) in [5.74, 6) is 2.15. The molecule has 4 heteroatoms. The summed E-state index contributed by atoms with van der Waals surface area (Å²) in [6.07, 6.45) is 3.19. The van der Waals surface area contributed by atoms with Gasteiger partial charge in [0.2, 0.25) is 0 Å². The van der Waals surface area contributed by atoms with Gasteiger partial charge < -0.3 is 15.2 Å². The van der Waals surface area contributed by atoms with Crippen LogP contribution in [0.5, 0.6) is 11.5 Å². The van der Waals surface area contributed by atoms with Crippen LogP contribution in [-0.2, 0) is 6.42 Å². The van der Waals surface area contributed by atoms with E-state index in [9.17, 15) is 0 Å². The summed E-state index contributed by atoms with van der Waals surface area (Å²) in [5, 5.41) is 0. The second kappa shape index (κ2) is 9.24. The van der Waals surface area contributed by atoms with Crippen LogP contribution in [0.15, 0.2) is 16.6 Å². The van der Waals surface area contributed by atoms with Crippen LogP contribution >= 0.6 is 15.9 Å². The van der Waals surface area contributed by atoms with Gasteiger partial charge in [0.25, 0.3) is 0 Å². The average Bonchev–Trinajstić information content (AvgIpc) is 2.39. The first-order valence-corrected chi connectivity index (χ1v) is 8.19. The van der Waals surface area contributed by atoms with E-state index >= 15 is 0 Å². The van der Waals surface area contributed by atoms with Crippen molar-refractivity contribution in [3.05, 3.63) is 22.2 Å². The third-order valence-electron chi connectivity index (χ3n) is 3.10. The monoisotopic (exact) mass is 343 g/mol. The predicted molar refractivity (Wildman–Crippen MR) is 87.6 cm³/mol. The lowest BCUT2D eigenvalue weighted by atomic mass is 10.1. The molecule has 1 aromatic rings. The Hall–Kier alpha value is -0.740. The van der Waals surface area contributed by atoms with Crippen LogP contribution in [0.25, 0.3) is 0 Å². The maximum absolute atomic E-state index is 5.96. The number of hydrogen-bond acceptors (Lipinski definition) is 3. The Bertz CT molecular complexity index is 410. The highest BCUT2D eigenvalue weighted by atomic mass is 79.9. The fourth-order valence-electron chi connectivity index (χ4n) is 2.14. The van der Waals surface area contributed by atoms with Gasteiger partial charge in [0.05, 0.1) is 17.7 Å². The Balaban J connectivity index is 2.86. The zero-order valence-electron chi connectivity index (χ0n) is 12.7. The van der Waals surface area contributed by atoms with E-state index in [1.165, 1.54) is 12.8 Å². The zero-order chi connectivity index (χ0) is 15.0. The SMILES string of the molecule is CCCC(C)COc1c(Br)cc(CCN)cc1OCC. The molecule has 1 rings (SSSR count). The van der Waals surface area contributed by atoms with E-state index in [1.807, 2.05) is 13.0 Å². The van der Waals surface area contributed by atoms with E-state index in [1.54, 1.807) is 0 Å². The maximum Gasteiger partial charge on any atom is 0.175 e. The molecule has 0 saturated heterocycles. The average molecular weight is 344 g/mol. The molecule has 3 nitrogen and oxygen atoms in total. The number of ether oxygens (including phenoxy) is 2.